The molecular weight excluding hydrogens is 368 g/mol. The lowest BCUT2D eigenvalue weighted by molar-refractivity contribution is 0.0953. The van der Waals surface area contributed by atoms with Crippen LogP contribution in [0.15, 0.2) is 48.8 Å². The molecule has 3 aromatic rings. The van der Waals surface area contributed by atoms with E-state index in [-0.39, 0.29) is 23.4 Å². The Morgan fingerprint density at radius 1 is 1.14 bits per heavy atom. The summed E-state index contributed by atoms with van der Waals surface area (Å²) in [6.45, 7) is 2.41. The normalized spacial score (nSPS) is 11.7. The summed E-state index contributed by atoms with van der Waals surface area (Å²) in [6, 6.07) is 13.1. The van der Waals surface area contributed by atoms with Crippen molar-refractivity contribution < 1.29 is 9.59 Å². The predicted molar refractivity (Wildman–Crippen MR) is 109 cm³/mol. The van der Waals surface area contributed by atoms with Gasteiger partial charge in [0.2, 0.25) is 0 Å². The van der Waals surface area contributed by atoms with Gasteiger partial charge in [-0.1, -0.05) is 37.3 Å². The van der Waals surface area contributed by atoms with E-state index in [1.807, 2.05) is 48.9 Å². The Morgan fingerprint density at radius 3 is 2.55 bits per heavy atom. The average Bonchev–Trinajstić information content (AvgIpc) is 3.17. The maximum atomic E-state index is 12.7. The van der Waals surface area contributed by atoms with Gasteiger partial charge in [0, 0.05) is 44.2 Å². The Hall–Kier alpha value is -3.55. The van der Waals surface area contributed by atoms with Crippen LogP contribution in [0.5, 0.6) is 0 Å². The number of aromatic nitrogens is 4. The molecule has 0 radical (unpaired) electrons. The summed E-state index contributed by atoms with van der Waals surface area (Å²) < 4.78 is 1.81. The second-order valence-corrected chi connectivity index (χ2v) is 6.74. The number of hydrogen-bond donors (Lipinski definition) is 2. The summed E-state index contributed by atoms with van der Waals surface area (Å²) in [4.78, 5) is 29.4. The number of nitrogens with zero attached hydrogens (tertiary/aromatic N) is 4. The van der Waals surface area contributed by atoms with Crippen molar-refractivity contribution in [2.75, 3.05) is 13.6 Å². The van der Waals surface area contributed by atoms with E-state index in [1.165, 1.54) is 13.1 Å². The second kappa shape index (κ2) is 9.09. The van der Waals surface area contributed by atoms with Crippen LogP contribution in [0.25, 0.3) is 0 Å². The van der Waals surface area contributed by atoms with Gasteiger partial charge in [-0.15, -0.1) is 10.2 Å². The summed E-state index contributed by atoms with van der Waals surface area (Å²) in [6.07, 6.45) is 2.18. The van der Waals surface area contributed by atoms with Crippen LogP contribution in [0.1, 0.15) is 50.8 Å². The fraction of sp³-hybridized carbons (Fsp3) is 0.286. The van der Waals surface area contributed by atoms with Crippen molar-refractivity contribution in [2.24, 2.45) is 7.05 Å². The molecule has 0 saturated carbocycles. The van der Waals surface area contributed by atoms with Gasteiger partial charge in [-0.2, -0.15) is 0 Å². The number of nitrogens with one attached hydrogen (secondary N) is 2. The zero-order chi connectivity index (χ0) is 20.8. The predicted octanol–water partition coefficient (Wildman–Crippen LogP) is 1.69. The first-order valence-corrected chi connectivity index (χ1v) is 9.39. The topological polar surface area (TPSA) is 102 Å². The molecule has 0 aliphatic heterocycles. The Balaban J connectivity index is 1.82. The first-order valence-electron chi connectivity index (χ1n) is 9.39. The number of rotatable bonds is 7. The van der Waals surface area contributed by atoms with Crippen molar-refractivity contribution in [3.05, 3.63) is 77.1 Å². The number of amides is 2. The highest BCUT2D eigenvalue weighted by atomic mass is 16.2. The van der Waals surface area contributed by atoms with Gasteiger partial charge < -0.3 is 15.2 Å². The number of pyridine rings is 1. The number of hydrogen-bond acceptors (Lipinski definition) is 5. The second-order valence-electron chi connectivity index (χ2n) is 6.74. The van der Waals surface area contributed by atoms with Crippen LogP contribution >= 0.6 is 0 Å². The van der Waals surface area contributed by atoms with Gasteiger partial charge in [-0.3, -0.25) is 9.59 Å². The van der Waals surface area contributed by atoms with Gasteiger partial charge in [0.25, 0.3) is 11.8 Å². The molecule has 2 N–H and O–H groups in total. The van der Waals surface area contributed by atoms with E-state index in [0.717, 1.165) is 11.4 Å². The molecule has 1 aromatic carbocycles. The molecule has 8 nitrogen and oxygen atoms in total. The van der Waals surface area contributed by atoms with E-state index >= 15 is 0 Å². The standard InChI is InChI=1S/C21H24N6O2/c1-14(15-7-5-4-6-8-15)17-11-16(12-18(25-17)21(29)22-2)20(28)23-10-9-19-26-24-13-27(19)3/h4-8,11-14H,9-10H2,1-3H3,(H,22,29)(H,23,28)/t14-/m0/s1. The van der Waals surface area contributed by atoms with Gasteiger partial charge >= 0.3 is 0 Å². The molecule has 3 rings (SSSR count). The molecule has 0 aliphatic rings. The molecule has 1 atom stereocenters. The van der Waals surface area contributed by atoms with Crippen molar-refractivity contribution in [1.29, 1.82) is 0 Å². The summed E-state index contributed by atoms with van der Waals surface area (Å²) in [5, 5.41) is 13.3. The number of benzene rings is 1. The SMILES string of the molecule is CNC(=O)c1cc(C(=O)NCCc2nncn2C)cc([C@@H](C)c2ccccc2)n1. The third kappa shape index (κ3) is 4.84. The summed E-state index contributed by atoms with van der Waals surface area (Å²) in [5.74, 6) is 0.122. The van der Waals surface area contributed by atoms with Gasteiger partial charge in [-0.05, 0) is 17.7 Å². The Kier molecular flexibility index (Phi) is 6.33. The van der Waals surface area contributed by atoms with Crippen LogP contribution in [0.2, 0.25) is 0 Å². The van der Waals surface area contributed by atoms with Crippen molar-refractivity contribution in [2.45, 2.75) is 19.3 Å². The number of carbonyl (C=O) groups excluding carboxylic acids is 2. The van der Waals surface area contributed by atoms with E-state index in [1.54, 1.807) is 12.4 Å². The molecule has 29 heavy (non-hydrogen) atoms. The van der Waals surface area contributed by atoms with E-state index in [4.69, 9.17) is 0 Å². The maximum Gasteiger partial charge on any atom is 0.269 e. The summed E-state index contributed by atoms with van der Waals surface area (Å²) in [7, 11) is 3.39. The fourth-order valence-electron chi connectivity index (χ4n) is 2.99. The van der Waals surface area contributed by atoms with Gasteiger partial charge in [0.15, 0.2) is 0 Å². The van der Waals surface area contributed by atoms with Crippen LogP contribution in [0.4, 0.5) is 0 Å². The molecule has 2 aromatic heterocycles. The third-order valence-electron chi connectivity index (χ3n) is 4.75. The molecule has 0 aliphatic carbocycles. The monoisotopic (exact) mass is 392 g/mol. The van der Waals surface area contributed by atoms with Gasteiger partial charge in [0.1, 0.15) is 17.8 Å². The van der Waals surface area contributed by atoms with E-state index in [0.29, 0.717) is 24.2 Å². The molecule has 0 unspecified atom stereocenters. The smallest absolute Gasteiger partial charge is 0.269 e. The molecule has 2 amide bonds. The highest BCUT2D eigenvalue weighted by Gasteiger charge is 2.18. The van der Waals surface area contributed by atoms with Crippen LogP contribution in [0, 0.1) is 0 Å². The van der Waals surface area contributed by atoms with Crippen molar-refractivity contribution in [3.8, 4) is 0 Å². The molecule has 0 saturated heterocycles. The molecular formula is C21H24N6O2. The lowest BCUT2D eigenvalue weighted by atomic mass is 9.96. The molecule has 0 fully saturated rings. The first-order chi connectivity index (χ1) is 14.0. The molecule has 0 spiro atoms. The maximum absolute atomic E-state index is 12.7. The van der Waals surface area contributed by atoms with Crippen molar-refractivity contribution in [3.63, 3.8) is 0 Å². The van der Waals surface area contributed by atoms with Crippen LogP contribution < -0.4 is 10.6 Å². The van der Waals surface area contributed by atoms with Gasteiger partial charge in [0.05, 0.1) is 0 Å². The first kappa shape index (κ1) is 20.2. The minimum absolute atomic E-state index is 0.0639. The highest BCUT2D eigenvalue weighted by molar-refractivity contribution is 5.98. The van der Waals surface area contributed by atoms with E-state index in [9.17, 15) is 9.59 Å². The minimum Gasteiger partial charge on any atom is -0.354 e. The fourth-order valence-corrected chi connectivity index (χ4v) is 2.99. The van der Waals surface area contributed by atoms with Crippen LogP contribution in [0.3, 0.4) is 0 Å². The Morgan fingerprint density at radius 2 is 1.90 bits per heavy atom. The lowest BCUT2D eigenvalue weighted by Gasteiger charge is -2.14. The minimum atomic E-state index is -0.333. The molecule has 8 heteroatoms. The molecule has 2 heterocycles. The zero-order valence-electron chi connectivity index (χ0n) is 16.7. The van der Waals surface area contributed by atoms with Crippen LogP contribution in [-0.4, -0.2) is 45.2 Å². The third-order valence-corrected chi connectivity index (χ3v) is 4.75. The number of aryl methyl sites for hydroxylation is 1. The Bertz CT molecular complexity index is 999. The average molecular weight is 392 g/mol. The summed E-state index contributed by atoms with van der Waals surface area (Å²) >= 11 is 0. The number of carbonyl (C=O) groups is 2. The lowest BCUT2D eigenvalue weighted by Crippen LogP contribution is -2.28. The van der Waals surface area contributed by atoms with Crippen LogP contribution in [-0.2, 0) is 13.5 Å². The summed E-state index contributed by atoms with van der Waals surface area (Å²) in [5.41, 5.74) is 2.33. The van der Waals surface area contributed by atoms with Crippen molar-refractivity contribution in [1.82, 2.24) is 30.4 Å². The molecule has 150 valence electrons. The van der Waals surface area contributed by atoms with E-state index in [2.05, 4.69) is 25.8 Å². The van der Waals surface area contributed by atoms with Crippen molar-refractivity contribution >= 4 is 11.8 Å². The highest BCUT2D eigenvalue weighted by Crippen LogP contribution is 2.23. The molecule has 0 bridgehead atoms. The van der Waals surface area contributed by atoms with Gasteiger partial charge in [-0.25, -0.2) is 4.98 Å². The van der Waals surface area contributed by atoms with E-state index < -0.39 is 0 Å². The zero-order valence-corrected chi connectivity index (χ0v) is 16.7. The largest absolute Gasteiger partial charge is 0.354 e. The Labute approximate surface area is 169 Å². The quantitative estimate of drug-likeness (QED) is 0.637.